The number of carbonyl (C=O) groups excluding carboxylic acids is 4. The van der Waals surface area contributed by atoms with Gasteiger partial charge in [0.05, 0.1) is 20.3 Å². The van der Waals surface area contributed by atoms with Crippen molar-refractivity contribution in [3.05, 3.63) is 12.3 Å². The molecule has 0 amide bonds. The summed E-state index contributed by atoms with van der Waals surface area (Å²) in [6, 6.07) is 0. The standard InChI is InChI=1S/C16H22O8/c1-6-22-12(17)11(13(18)23-7-2)10(4)16(14(19)21-5)8-9(3)24-15(16)20/h10-11H,3,6-8H2,1-2,4-5H3. The van der Waals surface area contributed by atoms with E-state index in [9.17, 15) is 19.2 Å². The van der Waals surface area contributed by atoms with Gasteiger partial charge in [0.2, 0.25) is 0 Å². The largest absolute Gasteiger partial charge is 0.468 e. The number of carbonyl (C=O) groups is 4. The Labute approximate surface area is 140 Å². The fourth-order valence-electron chi connectivity index (χ4n) is 2.76. The Bertz CT molecular complexity index is 534. The Kier molecular flexibility index (Phi) is 6.51. The van der Waals surface area contributed by atoms with Crippen molar-refractivity contribution in [3.8, 4) is 0 Å². The van der Waals surface area contributed by atoms with Gasteiger partial charge in [-0.3, -0.25) is 19.2 Å². The van der Waals surface area contributed by atoms with Gasteiger partial charge in [0.25, 0.3) is 0 Å². The van der Waals surface area contributed by atoms with Crippen LogP contribution in [0.15, 0.2) is 12.3 Å². The first-order valence-corrected chi connectivity index (χ1v) is 7.57. The van der Waals surface area contributed by atoms with E-state index in [0.29, 0.717) is 0 Å². The van der Waals surface area contributed by atoms with Crippen molar-refractivity contribution in [2.45, 2.75) is 27.2 Å². The number of methoxy groups -OCH3 is 1. The molecule has 0 aromatic carbocycles. The molecular weight excluding hydrogens is 320 g/mol. The van der Waals surface area contributed by atoms with Crippen LogP contribution in [-0.4, -0.2) is 44.2 Å². The third-order valence-corrected chi connectivity index (χ3v) is 3.99. The van der Waals surface area contributed by atoms with Gasteiger partial charge in [-0.15, -0.1) is 0 Å². The van der Waals surface area contributed by atoms with Crippen LogP contribution in [0.2, 0.25) is 0 Å². The molecule has 0 N–H and O–H groups in total. The molecule has 1 heterocycles. The van der Waals surface area contributed by atoms with E-state index < -0.39 is 41.1 Å². The number of rotatable bonds is 7. The van der Waals surface area contributed by atoms with Crippen molar-refractivity contribution in [2.24, 2.45) is 17.3 Å². The maximum atomic E-state index is 12.3. The number of esters is 4. The zero-order valence-electron chi connectivity index (χ0n) is 14.2. The molecule has 0 aromatic rings. The van der Waals surface area contributed by atoms with Gasteiger partial charge in [-0.2, -0.15) is 0 Å². The molecular formula is C16H22O8. The first-order valence-electron chi connectivity index (χ1n) is 7.57. The number of allylic oxidation sites excluding steroid dienone is 1. The molecule has 134 valence electrons. The van der Waals surface area contributed by atoms with Crippen LogP contribution < -0.4 is 0 Å². The van der Waals surface area contributed by atoms with Gasteiger partial charge in [0, 0.05) is 12.3 Å². The summed E-state index contributed by atoms with van der Waals surface area (Å²) in [5.41, 5.74) is -1.85. The van der Waals surface area contributed by atoms with Gasteiger partial charge in [-0.25, -0.2) is 0 Å². The lowest BCUT2D eigenvalue weighted by Gasteiger charge is -2.31. The van der Waals surface area contributed by atoms with Gasteiger partial charge in [0.1, 0.15) is 5.76 Å². The molecule has 0 radical (unpaired) electrons. The van der Waals surface area contributed by atoms with Crippen molar-refractivity contribution < 1.29 is 38.1 Å². The van der Waals surface area contributed by atoms with Gasteiger partial charge in [0.15, 0.2) is 11.3 Å². The lowest BCUT2D eigenvalue weighted by molar-refractivity contribution is -0.175. The molecule has 1 saturated heterocycles. The summed E-state index contributed by atoms with van der Waals surface area (Å²) in [5, 5.41) is 0. The van der Waals surface area contributed by atoms with E-state index in [0.717, 1.165) is 7.11 Å². The zero-order valence-corrected chi connectivity index (χ0v) is 14.2. The normalized spacial score (nSPS) is 21.2. The van der Waals surface area contributed by atoms with Crippen molar-refractivity contribution in [1.29, 1.82) is 0 Å². The van der Waals surface area contributed by atoms with E-state index in [1.54, 1.807) is 13.8 Å². The molecule has 0 spiro atoms. The molecule has 24 heavy (non-hydrogen) atoms. The second-order valence-corrected chi connectivity index (χ2v) is 5.34. The molecule has 1 rings (SSSR count). The summed E-state index contributed by atoms with van der Waals surface area (Å²) in [7, 11) is 1.11. The maximum Gasteiger partial charge on any atom is 0.329 e. The highest BCUT2D eigenvalue weighted by atomic mass is 16.6. The second kappa shape index (κ2) is 7.94. The molecule has 1 aliphatic heterocycles. The Morgan fingerprint density at radius 3 is 2.04 bits per heavy atom. The smallest absolute Gasteiger partial charge is 0.329 e. The Morgan fingerprint density at radius 2 is 1.71 bits per heavy atom. The van der Waals surface area contributed by atoms with E-state index in [2.05, 4.69) is 6.58 Å². The fraction of sp³-hybridized carbons (Fsp3) is 0.625. The van der Waals surface area contributed by atoms with Crippen LogP contribution in [0.5, 0.6) is 0 Å². The second-order valence-electron chi connectivity index (χ2n) is 5.34. The highest BCUT2D eigenvalue weighted by Crippen LogP contribution is 2.46. The minimum atomic E-state index is -1.85. The van der Waals surface area contributed by atoms with E-state index in [1.165, 1.54) is 6.92 Å². The third kappa shape index (κ3) is 3.42. The minimum absolute atomic E-state index is 0.0316. The fourth-order valence-corrected chi connectivity index (χ4v) is 2.76. The van der Waals surface area contributed by atoms with Crippen molar-refractivity contribution in [3.63, 3.8) is 0 Å². The van der Waals surface area contributed by atoms with Crippen LogP contribution in [0, 0.1) is 17.3 Å². The topological polar surface area (TPSA) is 105 Å². The molecule has 0 aliphatic carbocycles. The van der Waals surface area contributed by atoms with Gasteiger partial charge >= 0.3 is 23.9 Å². The van der Waals surface area contributed by atoms with Gasteiger partial charge < -0.3 is 18.9 Å². The van der Waals surface area contributed by atoms with Gasteiger partial charge in [-0.1, -0.05) is 13.5 Å². The highest BCUT2D eigenvalue weighted by Gasteiger charge is 2.62. The van der Waals surface area contributed by atoms with Crippen molar-refractivity contribution >= 4 is 23.9 Å². The summed E-state index contributed by atoms with van der Waals surface area (Å²) in [4.78, 5) is 49.2. The first kappa shape index (κ1) is 19.7. The van der Waals surface area contributed by atoms with Crippen molar-refractivity contribution in [2.75, 3.05) is 20.3 Å². The molecule has 2 atom stereocenters. The summed E-state index contributed by atoms with van der Waals surface area (Å²) < 4.78 is 19.4. The van der Waals surface area contributed by atoms with E-state index in [1.807, 2.05) is 0 Å². The Hall–Kier alpha value is -2.38. The van der Waals surface area contributed by atoms with Crippen LogP contribution in [0.4, 0.5) is 0 Å². The first-order chi connectivity index (χ1) is 11.3. The number of hydrogen-bond donors (Lipinski definition) is 0. The molecule has 0 aromatic heterocycles. The van der Waals surface area contributed by atoms with Gasteiger partial charge in [-0.05, 0) is 13.8 Å². The Morgan fingerprint density at radius 1 is 1.21 bits per heavy atom. The quantitative estimate of drug-likeness (QED) is 0.383. The molecule has 1 fully saturated rings. The molecule has 8 nitrogen and oxygen atoms in total. The SMILES string of the molecule is C=C1CC(C(=O)OC)(C(C)C(C(=O)OCC)C(=O)OCC)C(=O)O1. The van der Waals surface area contributed by atoms with Crippen LogP contribution in [0.1, 0.15) is 27.2 Å². The molecule has 1 aliphatic rings. The average molecular weight is 342 g/mol. The molecule has 0 saturated carbocycles. The molecule has 8 heteroatoms. The highest BCUT2D eigenvalue weighted by molar-refractivity contribution is 6.05. The third-order valence-electron chi connectivity index (χ3n) is 3.99. The van der Waals surface area contributed by atoms with E-state index >= 15 is 0 Å². The van der Waals surface area contributed by atoms with E-state index in [4.69, 9.17) is 18.9 Å². The number of hydrogen-bond acceptors (Lipinski definition) is 8. The summed E-state index contributed by atoms with van der Waals surface area (Å²) in [6.07, 6.45) is -0.186. The molecule has 0 bridgehead atoms. The predicted molar refractivity (Wildman–Crippen MR) is 80.2 cm³/mol. The summed E-state index contributed by atoms with van der Waals surface area (Å²) in [6.45, 7) is 8.16. The minimum Gasteiger partial charge on any atom is -0.468 e. The van der Waals surface area contributed by atoms with E-state index in [-0.39, 0.29) is 25.4 Å². The van der Waals surface area contributed by atoms with Crippen LogP contribution in [0.25, 0.3) is 0 Å². The lowest BCUT2D eigenvalue weighted by atomic mass is 9.68. The number of cyclic esters (lactones) is 1. The monoisotopic (exact) mass is 342 g/mol. The van der Waals surface area contributed by atoms with Crippen LogP contribution >= 0.6 is 0 Å². The Balaban J connectivity index is 3.35. The average Bonchev–Trinajstić information content (AvgIpc) is 2.82. The van der Waals surface area contributed by atoms with Crippen LogP contribution in [-0.2, 0) is 38.1 Å². The lowest BCUT2D eigenvalue weighted by Crippen LogP contribution is -2.49. The van der Waals surface area contributed by atoms with Crippen molar-refractivity contribution in [1.82, 2.24) is 0 Å². The zero-order chi connectivity index (χ0) is 18.5. The maximum absolute atomic E-state index is 12.3. The van der Waals surface area contributed by atoms with Crippen LogP contribution in [0.3, 0.4) is 0 Å². The predicted octanol–water partition coefficient (Wildman–Crippen LogP) is 0.985. The number of ether oxygens (including phenoxy) is 4. The summed E-state index contributed by atoms with van der Waals surface area (Å²) >= 11 is 0. The molecule has 2 unspecified atom stereocenters. The summed E-state index contributed by atoms with van der Waals surface area (Å²) in [5.74, 6) is -6.09.